The number of hydrogen-bond acceptors (Lipinski definition) is 18. The standard InChI is InChI=1S/C31H50N4O6S12/c36-21-24(39)40-25(46-47-26(42)32-13-5-1-6-14-32)30(22-37,23-38)31(51-48-27(43)33-15-7-2-8-16-33,52-49-28(44)34-17-9-3-10-18-34)41-53-50-29(45)35-19-11-4-12-20-35/h25,36-38H,1-23H2. The smallest absolute Gasteiger partial charge is 0.332 e. The van der Waals surface area contributed by atoms with Gasteiger partial charge in [0.2, 0.25) is 4.27 Å². The zero-order valence-electron chi connectivity index (χ0n) is 29.6. The minimum absolute atomic E-state index is 0.620. The van der Waals surface area contributed by atoms with Gasteiger partial charge in [-0.15, -0.1) is 0 Å². The number of piperidine rings is 4. The Hall–Kier alpha value is 1.67. The number of likely N-dealkylation sites (tertiary alicyclic amines) is 4. The first kappa shape index (κ1) is 47.3. The van der Waals surface area contributed by atoms with E-state index in [2.05, 4.69) is 19.6 Å². The molecule has 0 aromatic carbocycles. The van der Waals surface area contributed by atoms with Gasteiger partial charge in [0.1, 0.15) is 29.3 Å². The Kier molecular flexibility index (Phi) is 22.6. The van der Waals surface area contributed by atoms with Crippen molar-refractivity contribution < 1.29 is 29.0 Å². The van der Waals surface area contributed by atoms with Crippen LogP contribution < -0.4 is 0 Å². The summed E-state index contributed by atoms with van der Waals surface area (Å²) in [6, 6.07) is 0. The van der Waals surface area contributed by atoms with Crippen LogP contribution >= 0.6 is 136 Å². The van der Waals surface area contributed by atoms with Gasteiger partial charge in [0.05, 0.1) is 24.3 Å². The number of aliphatic hydroxyl groups is 3. The van der Waals surface area contributed by atoms with Gasteiger partial charge in [0, 0.05) is 63.2 Å². The molecule has 22 heteroatoms. The van der Waals surface area contributed by atoms with Crippen molar-refractivity contribution in [3.63, 3.8) is 0 Å². The highest BCUT2D eigenvalue weighted by molar-refractivity contribution is 8.92. The summed E-state index contributed by atoms with van der Waals surface area (Å²) in [5.74, 6) is -0.900. The van der Waals surface area contributed by atoms with E-state index < -0.39 is 40.9 Å². The summed E-state index contributed by atoms with van der Waals surface area (Å²) < 4.78 is 13.9. The molecular formula is C31H50N4O6S12. The Morgan fingerprint density at radius 1 is 0.566 bits per heavy atom. The van der Waals surface area contributed by atoms with Gasteiger partial charge in [0.25, 0.3) is 0 Å². The van der Waals surface area contributed by atoms with E-state index in [9.17, 15) is 20.1 Å². The second kappa shape index (κ2) is 25.3. The fraction of sp³-hybridized carbons (Fsp3) is 0.839. The number of rotatable bonds is 15. The van der Waals surface area contributed by atoms with Crippen LogP contribution in [0.15, 0.2) is 0 Å². The van der Waals surface area contributed by atoms with E-state index in [1.54, 1.807) is 0 Å². The average Bonchev–Trinajstić information content (AvgIpc) is 3.22. The Bertz CT molecular complexity index is 1170. The molecule has 0 saturated carbocycles. The quantitative estimate of drug-likeness (QED) is 0.0485. The van der Waals surface area contributed by atoms with Crippen LogP contribution in [-0.2, 0) is 13.7 Å². The molecule has 10 nitrogen and oxygen atoms in total. The molecular weight excluding hydrogens is 909 g/mol. The summed E-state index contributed by atoms with van der Waals surface area (Å²) in [7, 11) is 8.93. The molecule has 3 N–H and O–H groups in total. The Balaban J connectivity index is 1.71. The molecule has 0 spiro atoms. The van der Waals surface area contributed by atoms with Crippen molar-refractivity contribution in [2.24, 2.45) is 5.41 Å². The SMILES string of the molecule is O=C(CO)OC(SSC(=S)N1CCCCC1)C(CO)(CO)C(OSSC(=S)N1CCCCC1)(SSC(=S)N1CCCCC1)SSC(=S)N1CCCCC1. The summed E-state index contributed by atoms with van der Waals surface area (Å²) in [6.07, 6.45) is 13.0. The first-order valence-corrected chi connectivity index (χ1v) is 28.2. The van der Waals surface area contributed by atoms with Gasteiger partial charge in [-0.3, -0.25) is 4.18 Å². The van der Waals surface area contributed by atoms with Crippen molar-refractivity contribution in [3.8, 4) is 0 Å². The van der Waals surface area contributed by atoms with Crippen molar-refractivity contribution >= 4 is 159 Å². The van der Waals surface area contributed by atoms with E-state index >= 15 is 0 Å². The van der Waals surface area contributed by atoms with Gasteiger partial charge >= 0.3 is 5.97 Å². The maximum atomic E-state index is 12.9. The fourth-order valence-electron chi connectivity index (χ4n) is 6.08. The van der Waals surface area contributed by atoms with Gasteiger partial charge < -0.3 is 39.7 Å². The van der Waals surface area contributed by atoms with Gasteiger partial charge in [-0.1, -0.05) is 48.9 Å². The lowest BCUT2D eigenvalue weighted by molar-refractivity contribution is -0.159. The van der Waals surface area contributed by atoms with E-state index in [1.807, 2.05) is 0 Å². The molecule has 0 aliphatic carbocycles. The van der Waals surface area contributed by atoms with Crippen LogP contribution in [0, 0.1) is 5.41 Å². The monoisotopic (exact) mass is 958 g/mol. The molecule has 0 aromatic heterocycles. The summed E-state index contributed by atoms with van der Waals surface area (Å²) in [5.41, 5.74) is -2.91. The number of thiocarbonyl (C=S) groups is 4. The first-order chi connectivity index (χ1) is 25.7. The second-order valence-electron chi connectivity index (χ2n) is 13.0. The zero-order valence-corrected chi connectivity index (χ0v) is 39.4. The zero-order chi connectivity index (χ0) is 38.1. The lowest BCUT2D eigenvalue weighted by Gasteiger charge is -2.48. The van der Waals surface area contributed by atoms with E-state index in [4.69, 9.17) is 57.8 Å². The lowest BCUT2D eigenvalue weighted by Crippen LogP contribution is -2.57. The molecule has 4 rings (SSSR count). The highest BCUT2D eigenvalue weighted by atomic mass is 33.1. The van der Waals surface area contributed by atoms with Crippen LogP contribution in [0.4, 0.5) is 0 Å². The van der Waals surface area contributed by atoms with Gasteiger partial charge in [-0.05, 0) is 142 Å². The van der Waals surface area contributed by atoms with Gasteiger partial charge in [0.15, 0.2) is 5.44 Å². The predicted octanol–water partition coefficient (Wildman–Crippen LogP) is 8.01. The summed E-state index contributed by atoms with van der Waals surface area (Å²) >= 11 is 24.7. The predicted molar refractivity (Wildman–Crippen MR) is 250 cm³/mol. The molecule has 4 heterocycles. The minimum Gasteiger partial charge on any atom is -0.448 e. The van der Waals surface area contributed by atoms with Crippen LogP contribution in [0.1, 0.15) is 77.0 Å². The average molecular weight is 960 g/mol. The number of ether oxygens (including phenoxy) is 1. The van der Waals surface area contributed by atoms with Crippen molar-refractivity contribution in [2.75, 3.05) is 72.2 Å². The van der Waals surface area contributed by atoms with Crippen molar-refractivity contribution in [1.82, 2.24) is 19.6 Å². The van der Waals surface area contributed by atoms with E-state index in [1.165, 1.54) is 71.2 Å². The molecule has 4 aliphatic heterocycles. The van der Waals surface area contributed by atoms with Gasteiger partial charge in [-0.2, -0.15) is 0 Å². The number of carbonyl (C=O) groups is 1. The minimum atomic E-state index is -1.68. The molecule has 0 bridgehead atoms. The molecule has 0 radical (unpaired) electrons. The van der Waals surface area contributed by atoms with E-state index in [0.29, 0.717) is 17.3 Å². The topological polar surface area (TPSA) is 109 Å². The third-order valence-corrected chi connectivity index (χ3v) is 23.4. The summed E-state index contributed by atoms with van der Waals surface area (Å²) in [4.78, 5) is 21.6. The normalized spacial score (nSPS) is 19.5. The molecule has 4 fully saturated rings. The van der Waals surface area contributed by atoms with Crippen molar-refractivity contribution in [2.45, 2.75) is 86.8 Å². The number of aliphatic hydroxyl groups excluding tert-OH is 3. The number of hydrogen-bond donors (Lipinski definition) is 3. The van der Waals surface area contributed by atoms with Crippen molar-refractivity contribution in [1.29, 1.82) is 0 Å². The maximum absolute atomic E-state index is 12.9. The summed E-state index contributed by atoms with van der Waals surface area (Å²) in [6.45, 7) is 4.63. The molecule has 4 aliphatic rings. The number of esters is 1. The Labute approximate surface area is 368 Å². The maximum Gasteiger partial charge on any atom is 0.332 e. The van der Waals surface area contributed by atoms with Crippen molar-refractivity contribution in [3.05, 3.63) is 0 Å². The number of carbonyl (C=O) groups excluding carboxylic acids is 1. The van der Waals surface area contributed by atoms with E-state index in [0.717, 1.165) is 145 Å². The van der Waals surface area contributed by atoms with Crippen LogP contribution in [0.3, 0.4) is 0 Å². The number of nitrogens with zero attached hydrogens (tertiary/aromatic N) is 4. The molecule has 0 amide bonds. The highest BCUT2D eigenvalue weighted by Crippen LogP contribution is 2.65. The highest BCUT2D eigenvalue weighted by Gasteiger charge is 2.62. The lowest BCUT2D eigenvalue weighted by atomic mass is 9.91. The molecule has 1 unspecified atom stereocenters. The van der Waals surface area contributed by atoms with Crippen LogP contribution in [0.25, 0.3) is 0 Å². The second-order valence-corrected chi connectivity index (χ2v) is 24.5. The Morgan fingerprint density at radius 2 is 0.925 bits per heavy atom. The largest absolute Gasteiger partial charge is 0.448 e. The molecule has 0 aromatic rings. The Morgan fingerprint density at radius 3 is 1.28 bits per heavy atom. The molecule has 4 saturated heterocycles. The molecule has 1 atom stereocenters. The molecule has 302 valence electrons. The fourth-order valence-corrected chi connectivity index (χ4v) is 19.7. The third kappa shape index (κ3) is 14.1. The van der Waals surface area contributed by atoms with Crippen LogP contribution in [-0.4, -0.2) is 140 Å². The van der Waals surface area contributed by atoms with Gasteiger partial charge in [-0.25, -0.2) is 4.79 Å². The molecule has 53 heavy (non-hydrogen) atoms. The van der Waals surface area contributed by atoms with Crippen LogP contribution in [0.5, 0.6) is 0 Å². The van der Waals surface area contributed by atoms with Crippen LogP contribution in [0.2, 0.25) is 0 Å². The summed E-state index contributed by atoms with van der Waals surface area (Å²) in [5, 5.41) is 33.0. The first-order valence-electron chi connectivity index (χ1n) is 17.9. The third-order valence-electron chi connectivity index (χ3n) is 9.35. The van der Waals surface area contributed by atoms with E-state index in [-0.39, 0.29) is 0 Å².